The molecule has 2 aromatic rings. The SMILES string of the molecule is Fc1cc(F)cc(CNc2c(Cl)cc(Cl)c3c2N=S=N3)c1. The van der Waals surface area contributed by atoms with Crippen LogP contribution in [-0.2, 0) is 17.9 Å². The van der Waals surface area contributed by atoms with Crippen molar-refractivity contribution in [3.63, 3.8) is 0 Å². The van der Waals surface area contributed by atoms with Crippen molar-refractivity contribution >= 4 is 51.6 Å². The number of nitrogens with one attached hydrogen (secondary N) is 1. The summed E-state index contributed by atoms with van der Waals surface area (Å²) in [4.78, 5) is 0. The van der Waals surface area contributed by atoms with Crippen LogP contribution in [0.3, 0.4) is 0 Å². The van der Waals surface area contributed by atoms with Crippen molar-refractivity contribution in [3.8, 4) is 0 Å². The van der Waals surface area contributed by atoms with Gasteiger partial charge in [-0.05, 0) is 23.8 Å². The summed E-state index contributed by atoms with van der Waals surface area (Å²) in [7, 11) is 0. The first-order valence-corrected chi connectivity index (χ1v) is 7.32. The summed E-state index contributed by atoms with van der Waals surface area (Å²) in [6.07, 6.45) is 0. The van der Waals surface area contributed by atoms with Gasteiger partial charge in [0.1, 0.15) is 23.0 Å². The summed E-state index contributed by atoms with van der Waals surface area (Å²) in [6, 6.07) is 4.87. The van der Waals surface area contributed by atoms with Gasteiger partial charge in [-0.3, -0.25) is 0 Å². The van der Waals surface area contributed by atoms with Crippen molar-refractivity contribution in [2.45, 2.75) is 6.54 Å². The molecule has 0 unspecified atom stereocenters. The molecular weight excluding hydrogens is 339 g/mol. The van der Waals surface area contributed by atoms with Gasteiger partial charge < -0.3 is 5.32 Å². The molecule has 0 amide bonds. The lowest BCUT2D eigenvalue weighted by molar-refractivity contribution is 0.580. The lowest BCUT2D eigenvalue weighted by Crippen LogP contribution is -2.01. The number of halogens is 4. The summed E-state index contributed by atoms with van der Waals surface area (Å²) in [5.74, 6) is -1.26. The highest BCUT2D eigenvalue weighted by Gasteiger charge is 2.18. The zero-order chi connectivity index (χ0) is 15.0. The number of hydrogen-bond donors (Lipinski definition) is 1. The molecule has 1 aliphatic rings. The van der Waals surface area contributed by atoms with Crippen LogP contribution in [0.1, 0.15) is 5.56 Å². The van der Waals surface area contributed by atoms with Crippen LogP contribution in [0.5, 0.6) is 0 Å². The Kier molecular flexibility index (Phi) is 3.93. The van der Waals surface area contributed by atoms with E-state index in [2.05, 4.69) is 14.0 Å². The number of benzene rings is 2. The van der Waals surface area contributed by atoms with E-state index in [1.54, 1.807) is 6.07 Å². The first-order chi connectivity index (χ1) is 10.0. The molecule has 0 saturated carbocycles. The molecule has 2 aromatic carbocycles. The van der Waals surface area contributed by atoms with E-state index in [0.717, 1.165) is 17.4 Å². The summed E-state index contributed by atoms with van der Waals surface area (Å²) in [5.41, 5.74) is 2.07. The number of hydrogen-bond acceptors (Lipinski definition) is 3. The molecule has 108 valence electrons. The monoisotopic (exact) mass is 345 g/mol. The molecule has 1 aliphatic heterocycles. The van der Waals surface area contributed by atoms with Crippen LogP contribution in [0.2, 0.25) is 10.0 Å². The van der Waals surface area contributed by atoms with Crippen molar-refractivity contribution in [2.75, 3.05) is 5.32 Å². The predicted octanol–water partition coefficient (Wildman–Crippen LogP) is 5.61. The van der Waals surface area contributed by atoms with Crippen LogP contribution < -0.4 is 5.32 Å². The third-order valence-corrected chi connectivity index (χ3v) is 3.95. The predicted molar refractivity (Wildman–Crippen MR) is 81.7 cm³/mol. The number of anilines is 1. The average molecular weight is 346 g/mol. The fourth-order valence-corrected chi connectivity index (χ4v) is 3.12. The van der Waals surface area contributed by atoms with Crippen LogP contribution in [0, 0.1) is 11.6 Å². The average Bonchev–Trinajstić information content (AvgIpc) is 2.86. The van der Waals surface area contributed by atoms with E-state index in [-0.39, 0.29) is 6.54 Å². The smallest absolute Gasteiger partial charge is 0.130 e. The molecule has 8 heteroatoms. The Morgan fingerprint density at radius 1 is 0.952 bits per heavy atom. The standard InChI is InChI=1S/C13H7Cl2F2N3S/c14-9-4-10(15)12-13(20-21-19-12)11(9)18-5-6-1-7(16)3-8(17)2-6/h1-4,18H,5H2. The molecule has 1 N–H and O–H groups in total. The summed E-state index contributed by atoms with van der Waals surface area (Å²) in [6.45, 7) is 0.197. The quantitative estimate of drug-likeness (QED) is 0.657. The zero-order valence-electron chi connectivity index (χ0n) is 10.3. The largest absolute Gasteiger partial charge is 0.378 e. The summed E-state index contributed by atoms with van der Waals surface area (Å²) in [5, 5.41) is 3.80. The Balaban J connectivity index is 1.90. The number of rotatable bonds is 3. The molecule has 3 rings (SSSR count). The third kappa shape index (κ3) is 2.92. The van der Waals surface area contributed by atoms with Gasteiger partial charge in [0.15, 0.2) is 0 Å². The molecule has 0 saturated heterocycles. The summed E-state index contributed by atoms with van der Waals surface area (Å²) < 4.78 is 34.5. The Bertz CT molecular complexity index is 784. The first kappa shape index (κ1) is 14.4. The van der Waals surface area contributed by atoms with E-state index < -0.39 is 11.6 Å². The van der Waals surface area contributed by atoms with Crippen LogP contribution in [0.4, 0.5) is 25.8 Å². The summed E-state index contributed by atoms with van der Waals surface area (Å²) >= 11 is 13.2. The molecule has 0 radical (unpaired) electrons. The molecule has 0 fully saturated rings. The second kappa shape index (κ2) is 5.71. The van der Waals surface area contributed by atoms with Gasteiger partial charge in [0, 0.05) is 12.6 Å². The van der Waals surface area contributed by atoms with Gasteiger partial charge in [0.2, 0.25) is 0 Å². The van der Waals surface area contributed by atoms with Crippen LogP contribution in [0.15, 0.2) is 33.0 Å². The molecule has 3 nitrogen and oxygen atoms in total. The van der Waals surface area contributed by atoms with Gasteiger partial charge in [-0.2, -0.15) is 8.73 Å². The molecule has 0 bridgehead atoms. The maximum absolute atomic E-state index is 13.2. The van der Waals surface area contributed by atoms with Crippen molar-refractivity contribution in [2.24, 2.45) is 8.73 Å². The lowest BCUT2D eigenvalue weighted by Gasteiger charge is -2.12. The Morgan fingerprint density at radius 2 is 1.62 bits per heavy atom. The van der Waals surface area contributed by atoms with Crippen molar-refractivity contribution in [3.05, 3.63) is 51.5 Å². The molecular formula is C13H7Cl2F2N3S. The second-order valence-electron chi connectivity index (χ2n) is 4.31. The molecule has 1 heterocycles. The molecule has 0 spiro atoms. The van der Waals surface area contributed by atoms with Gasteiger partial charge >= 0.3 is 0 Å². The minimum Gasteiger partial charge on any atom is -0.378 e. The third-order valence-electron chi connectivity index (χ3n) is 2.84. The minimum atomic E-state index is -0.630. The Hall–Kier alpha value is -1.50. The normalized spacial score (nSPS) is 12.2. The minimum absolute atomic E-state index is 0.197. The van der Waals surface area contributed by atoms with E-state index in [4.69, 9.17) is 23.2 Å². The highest BCUT2D eigenvalue weighted by molar-refractivity contribution is 7.58. The van der Waals surface area contributed by atoms with Crippen molar-refractivity contribution in [1.29, 1.82) is 0 Å². The fraction of sp³-hybridized carbons (Fsp3) is 0.0769. The maximum Gasteiger partial charge on any atom is 0.130 e. The topological polar surface area (TPSA) is 36.8 Å². The number of fused-ring (bicyclic) bond motifs is 1. The lowest BCUT2D eigenvalue weighted by atomic mass is 10.2. The van der Waals surface area contributed by atoms with E-state index in [1.807, 2.05) is 0 Å². The van der Waals surface area contributed by atoms with E-state index in [9.17, 15) is 8.78 Å². The first-order valence-electron chi connectivity index (χ1n) is 5.83. The number of nitrogens with zero attached hydrogens (tertiary/aromatic N) is 2. The Labute approximate surface area is 132 Å². The van der Waals surface area contributed by atoms with Gasteiger partial charge in [0.05, 0.1) is 27.1 Å². The van der Waals surface area contributed by atoms with Crippen LogP contribution >= 0.6 is 23.2 Å². The van der Waals surface area contributed by atoms with Gasteiger partial charge in [-0.15, -0.1) is 0 Å². The van der Waals surface area contributed by atoms with E-state index in [1.165, 1.54) is 12.1 Å². The van der Waals surface area contributed by atoms with E-state index in [0.29, 0.717) is 32.7 Å². The zero-order valence-corrected chi connectivity index (χ0v) is 12.7. The van der Waals surface area contributed by atoms with Crippen molar-refractivity contribution < 1.29 is 8.78 Å². The highest BCUT2D eigenvalue weighted by atomic mass is 35.5. The second-order valence-corrected chi connectivity index (χ2v) is 5.65. The fourth-order valence-electron chi connectivity index (χ4n) is 1.95. The molecule has 0 atom stereocenters. The van der Waals surface area contributed by atoms with Gasteiger partial charge in [-0.1, -0.05) is 23.2 Å². The highest BCUT2D eigenvalue weighted by Crippen LogP contribution is 2.47. The maximum atomic E-state index is 13.2. The van der Waals surface area contributed by atoms with Crippen LogP contribution in [0.25, 0.3) is 0 Å². The molecule has 21 heavy (non-hydrogen) atoms. The molecule has 0 aliphatic carbocycles. The van der Waals surface area contributed by atoms with Crippen LogP contribution in [-0.4, -0.2) is 0 Å². The van der Waals surface area contributed by atoms with E-state index >= 15 is 0 Å². The van der Waals surface area contributed by atoms with Crippen molar-refractivity contribution in [1.82, 2.24) is 0 Å². The van der Waals surface area contributed by atoms with Gasteiger partial charge in [-0.25, -0.2) is 8.78 Å². The Morgan fingerprint density at radius 3 is 2.33 bits per heavy atom. The van der Waals surface area contributed by atoms with Gasteiger partial charge in [0.25, 0.3) is 0 Å². The molecule has 0 aromatic heterocycles.